The number of hydrogen-bond acceptors (Lipinski definition) is 5. The maximum atomic E-state index is 5.57. The molecule has 0 unspecified atom stereocenters. The van der Waals surface area contributed by atoms with Gasteiger partial charge in [0.15, 0.2) is 12.7 Å². The molecule has 6 nitrogen and oxygen atoms in total. The zero-order valence-corrected chi connectivity index (χ0v) is 14.5. The van der Waals surface area contributed by atoms with E-state index in [4.69, 9.17) is 13.9 Å². The summed E-state index contributed by atoms with van der Waals surface area (Å²) in [5.41, 5.74) is 2.54. The number of nitrogens with zero attached hydrogens (tertiary/aromatic N) is 3. The first-order valence-corrected chi connectivity index (χ1v) is 8.07. The summed E-state index contributed by atoms with van der Waals surface area (Å²) < 4.78 is 17.8. The zero-order valence-electron chi connectivity index (χ0n) is 14.5. The van der Waals surface area contributed by atoms with Crippen molar-refractivity contribution in [3.05, 3.63) is 59.9 Å². The second-order valence-corrected chi connectivity index (χ2v) is 5.82. The Morgan fingerprint density at radius 3 is 2.68 bits per heavy atom. The molecule has 6 heteroatoms. The standard InChI is InChI=1S/C19H21N3O3/c1-14(2)18-20-16(12-24-18)10-9-15-11-22(17-7-5-4-6-8-17)21-19(15)25-13-23-3/h4-12,14H,13H2,1-3H3/b10-9-. The third-order valence-electron chi connectivity index (χ3n) is 3.51. The highest BCUT2D eigenvalue weighted by Crippen LogP contribution is 2.22. The monoisotopic (exact) mass is 339 g/mol. The van der Waals surface area contributed by atoms with Crippen LogP contribution >= 0.6 is 0 Å². The number of hydrogen-bond donors (Lipinski definition) is 0. The molecule has 0 aliphatic rings. The molecule has 25 heavy (non-hydrogen) atoms. The van der Waals surface area contributed by atoms with E-state index >= 15 is 0 Å². The summed E-state index contributed by atoms with van der Waals surface area (Å²) in [4.78, 5) is 4.44. The minimum Gasteiger partial charge on any atom is -0.449 e. The quantitative estimate of drug-likeness (QED) is 0.606. The van der Waals surface area contributed by atoms with Crippen molar-refractivity contribution in [2.45, 2.75) is 19.8 Å². The van der Waals surface area contributed by atoms with E-state index in [1.807, 2.05) is 62.5 Å². The smallest absolute Gasteiger partial charge is 0.242 e. The van der Waals surface area contributed by atoms with Crippen LogP contribution in [0.2, 0.25) is 0 Å². The molecule has 0 aliphatic carbocycles. The number of para-hydroxylation sites is 1. The molecular formula is C19H21N3O3. The Bertz CT molecular complexity index is 835. The van der Waals surface area contributed by atoms with Gasteiger partial charge >= 0.3 is 0 Å². The number of aromatic nitrogens is 3. The van der Waals surface area contributed by atoms with Crippen LogP contribution in [0.25, 0.3) is 17.8 Å². The van der Waals surface area contributed by atoms with E-state index in [9.17, 15) is 0 Å². The SMILES string of the molecule is COCOc1nn(-c2ccccc2)cc1/C=C\c1coc(C(C)C)n1. The summed E-state index contributed by atoms with van der Waals surface area (Å²) in [6.07, 6.45) is 7.32. The van der Waals surface area contributed by atoms with E-state index in [2.05, 4.69) is 10.1 Å². The largest absolute Gasteiger partial charge is 0.449 e. The molecule has 0 bridgehead atoms. The number of methoxy groups -OCH3 is 1. The molecule has 0 amide bonds. The molecule has 2 aromatic heterocycles. The highest BCUT2D eigenvalue weighted by Gasteiger charge is 2.10. The van der Waals surface area contributed by atoms with Gasteiger partial charge in [0.2, 0.25) is 5.88 Å². The van der Waals surface area contributed by atoms with Crippen molar-refractivity contribution in [1.29, 1.82) is 0 Å². The fourth-order valence-corrected chi connectivity index (χ4v) is 2.24. The van der Waals surface area contributed by atoms with Crippen molar-refractivity contribution in [1.82, 2.24) is 14.8 Å². The lowest BCUT2D eigenvalue weighted by Gasteiger charge is -2.01. The van der Waals surface area contributed by atoms with Crippen molar-refractivity contribution in [3.63, 3.8) is 0 Å². The molecule has 0 radical (unpaired) electrons. The molecule has 1 aromatic carbocycles. The molecule has 0 aliphatic heterocycles. The fourth-order valence-electron chi connectivity index (χ4n) is 2.24. The molecule has 0 fully saturated rings. The van der Waals surface area contributed by atoms with Crippen LogP contribution in [0.15, 0.2) is 47.2 Å². The summed E-state index contributed by atoms with van der Waals surface area (Å²) in [5, 5.41) is 4.48. The first-order chi connectivity index (χ1) is 12.2. The van der Waals surface area contributed by atoms with Crippen LogP contribution < -0.4 is 4.74 Å². The molecular weight excluding hydrogens is 318 g/mol. The zero-order chi connectivity index (χ0) is 17.6. The minimum absolute atomic E-state index is 0.133. The average Bonchev–Trinajstić information content (AvgIpc) is 3.26. The van der Waals surface area contributed by atoms with Crippen molar-refractivity contribution in [3.8, 4) is 11.6 Å². The van der Waals surface area contributed by atoms with E-state index < -0.39 is 0 Å². The van der Waals surface area contributed by atoms with E-state index in [0.717, 1.165) is 22.8 Å². The summed E-state index contributed by atoms with van der Waals surface area (Å²) in [7, 11) is 1.58. The van der Waals surface area contributed by atoms with Gasteiger partial charge in [-0.15, -0.1) is 5.10 Å². The Morgan fingerprint density at radius 2 is 2.00 bits per heavy atom. The van der Waals surface area contributed by atoms with E-state index in [-0.39, 0.29) is 12.7 Å². The average molecular weight is 339 g/mol. The maximum absolute atomic E-state index is 5.57. The predicted molar refractivity (Wildman–Crippen MR) is 95.6 cm³/mol. The van der Waals surface area contributed by atoms with Gasteiger partial charge in [0.25, 0.3) is 0 Å². The van der Waals surface area contributed by atoms with Crippen LogP contribution in [0.4, 0.5) is 0 Å². The van der Waals surface area contributed by atoms with Gasteiger partial charge < -0.3 is 13.9 Å². The summed E-state index contributed by atoms with van der Waals surface area (Å²) >= 11 is 0. The van der Waals surface area contributed by atoms with Crippen molar-refractivity contribution < 1.29 is 13.9 Å². The van der Waals surface area contributed by atoms with Gasteiger partial charge in [0.05, 0.1) is 11.3 Å². The van der Waals surface area contributed by atoms with Crippen LogP contribution in [0.1, 0.15) is 36.9 Å². The molecule has 3 aromatic rings. The van der Waals surface area contributed by atoms with Gasteiger partial charge in [-0.25, -0.2) is 9.67 Å². The lowest BCUT2D eigenvalue weighted by Crippen LogP contribution is -2.01. The van der Waals surface area contributed by atoms with Crippen molar-refractivity contribution in [2.75, 3.05) is 13.9 Å². The van der Waals surface area contributed by atoms with Gasteiger partial charge in [-0.05, 0) is 24.3 Å². The molecule has 0 saturated carbocycles. The third-order valence-corrected chi connectivity index (χ3v) is 3.51. The molecule has 0 spiro atoms. The van der Waals surface area contributed by atoms with E-state index in [0.29, 0.717) is 5.88 Å². The summed E-state index contributed by atoms with van der Waals surface area (Å²) in [6, 6.07) is 9.85. The van der Waals surface area contributed by atoms with Crippen molar-refractivity contribution in [2.24, 2.45) is 0 Å². The highest BCUT2D eigenvalue weighted by molar-refractivity contribution is 5.70. The van der Waals surface area contributed by atoms with Gasteiger partial charge in [0, 0.05) is 19.2 Å². The summed E-state index contributed by atoms with van der Waals surface area (Å²) in [5.74, 6) is 1.47. The Morgan fingerprint density at radius 1 is 1.20 bits per heavy atom. The summed E-state index contributed by atoms with van der Waals surface area (Å²) in [6.45, 7) is 4.22. The topological polar surface area (TPSA) is 62.3 Å². The minimum atomic E-state index is 0.133. The Labute approximate surface area is 146 Å². The third kappa shape index (κ3) is 4.16. The second-order valence-electron chi connectivity index (χ2n) is 5.82. The Kier molecular flexibility index (Phi) is 5.30. The van der Waals surface area contributed by atoms with E-state index in [1.165, 1.54) is 0 Å². The van der Waals surface area contributed by atoms with Gasteiger partial charge in [0.1, 0.15) is 12.0 Å². The Hall–Kier alpha value is -2.86. The first-order valence-electron chi connectivity index (χ1n) is 8.07. The van der Waals surface area contributed by atoms with E-state index in [1.54, 1.807) is 18.1 Å². The van der Waals surface area contributed by atoms with Gasteiger partial charge in [-0.3, -0.25) is 0 Å². The second kappa shape index (κ2) is 7.81. The molecule has 2 heterocycles. The van der Waals surface area contributed by atoms with Crippen LogP contribution in [0, 0.1) is 0 Å². The molecule has 0 N–H and O–H groups in total. The van der Waals surface area contributed by atoms with Gasteiger partial charge in [-0.2, -0.15) is 0 Å². The molecule has 3 rings (SSSR count). The first kappa shape index (κ1) is 17.0. The Balaban J connectivity index is 1.87. The van der Waals surface area contributed by atoms with Crippen LogP contribution in [0.5, 0.6) is 5.88 Å². The number of oxazole rings is 1. The maximum Gasteiger partial charge on any atom is 0.242 e. The normalized spacial score (nSPS) is 11.5. The van der Waals surface area contributed by atoms with Crippen LogP contribution in [0.3, 0.4) is 0 Å². The molecule has 0 atom stereocenters. The molecule has 130 valence electrons. The lowest BCUT2D eigenvalue weighted by molar-refractivity contribution is 0.0474. The number of ether oxygens (including phenoxy) is 2. The van der Waals surface area contributed by atoms with Crippen molar-refractivity contribution >= 4 is 12.2 Å². The number of rotatable bonds is 7. The van der Waals surface area contributed by atoms with Crippen LogP contribution in [-0.2, 0) is 4.74 Å². The van der Waals surface area contributed by atoms with Gasteiger partial charge in [-0.1, -0.05) is 32.0 Å². The van der Waals surface area contributed by atoms with Crippen LogP contribution in [-0.4, -0.2) is 28.7 Å². The predicted octanol–water partition coefficient (Wildman–Crippen LogP) is 4.14. The lowest BCUT2D eigenvalue weighted by atomic mass is 10.2. The fraction of sp³-hybridized carbons (Fsp3) is 0.263. The highest BCUT2D eigenvalue weighted by atomic mass is 16.7. The number of benzene rings is 1. The molecule has 0 saturated heterocycles.